The molecule has 0 radical (unpaired) electrons. The van der Waals surface area contributed by atoms with E-state index in [2.05, 4.69) is 89.2 Å². The minimum Gasteiger partial charge on any atom is -0.545 e. The topological polar surface area (TPSA) is 44.8 Å². The van der Waals surface area contributed by atoms with E-state index < -0.39 is 16.6 Å². The Morgan fingerprint density at radius 1 is 0.765 bits per heavy atom. The Hall–Kier alpha value is -0.696. The molecule has 2 bridgehead atoms. The van der Waals surface area contributed by atoms with E-state index in [1.165, 1.54) is 5.57 Å². The van der Waals surface area contributed by atoms with E-state index in [1.807, 2.05) is 0 Å². The van der Waals surface area contributed by atoms with Crippen molar-refractivity contribution in [3.63, 3.8) is 0 Å². The van der Waals surface area contributed by atoms with Crippen molar-refractivity contribution in [2.45, 2.75) is 147 Å². The number of carbonyl (C=O) groups excluding carboxylic acids is 1. The molecular weight excluding hydrogens is 456 g/mol. The SMILES string of the molecule is CC(C)[Si](OC1=C2C(=O)CC(O[Si](C(C)C)(C(C)C)C(C)C)C3=C[C@@H](C1)O[C@H]32)(C(C)C)C(C)C. The Morgan fingerprint density at radius 3 is 1.68 bits per heavy atom. The molecule has 2 aliphatic heterocycles. The normalized spacial score (nSPS) is 25.6. The molecule has 3 rings (SSSR count). The van der Waals surface area contributed by atoms with Gasteiger partial charge < -0.3 is 13.6 Å². The van der Waals surface area contributed by atoms with Gasteiger partial charge >= 0.3 is 0 Å². The standard InChI is InChI=1S/C28H50O4Si2/c1-16(2)33(17(3)4,18(5)6)31-25-15-24(29)27-26(14-22-13-23(25)28(27)30-22)32-34(19(7)8,20(9)10)21(11)12/h13,16-22,25,28H,14-15H2,1-12H3/t22-,25?,28+/m0/s1. The van der Waals surface area contributed by atoms with Gasteiger partial charge in [-0.2, -0.15) is 0 Å². The third kappa shape index (κ3) is 4.35. The zero-order chi connectivity index (χ0) is 25.7. The van der Waals surface area contributed by atoms with Crippen LogP contribution in [-0.4, -0.2) is 40.7 Å². The molecule has 1 unspecified atom stereocenters. The van der Waals surface area contributed by atoms with Crippen molar-refractivity contribution in [3.8, 4) is 0 Å². The lowest BCUT2D eigenvalue weighted by atomic mass is 9.84. The average molecular weight is 507 g/mol. The Bertz CT molecular complexity index is 794. The molecule has 0 aromatic heterocycles. The quantitative estimate of drug-likeness (QED) is 0.222. The monoisotopic (exact) mass is 506 g/mol. The highest BCUT2D eigenvalue weighted by molar-refractivity contribution is 6.78. The van der Waals surface area contributed by atoms with Gasteiger partial charge in [-0.1, -0.05) is 89.2 Å². The lowest BCUT2D eigenvalue weighted by molar-refractivity contribution is -0.120. The van der Waals surface area contributed by atoms with Crippen LogP contribution in [0, 0.1) is 0 Å². The number of Topliss-reactive ketones (excluding diaryl/α,β-unsaturated/α-hetero) is 1. The molecule has 3 aliphatic rings. The van der Waals surface area contributed by atoms with Gasteiger partial charge in [0, 0.05) is 12.8 Å². The van der Waals surface area contributed by atoms with Gasteiger partial charge in [-0.25, -0.2) is 0 Å². The third-order valence-electron chi connectivity index (χ3n) is 9.04. The molecule has 6 heteroatoms. The Morgan fingerprint density at radius 2 is 1.24 bits per heavy atom. The van der Waals surface area contributed by atoms with Crippen LogP contribution in [0.5, 0.6) is 0 Å². The largest absolute Gasteiger partial charge is 0.545 e. The first-order chi connectivity index (χ1) is 15.7. The van der Waals surface area contributed by atoms with Gasteiger partial charge in [-0.15, -0.1) is 0 Å². The summed E-state index contributed by atoms with van der Waals surface area (Å²) in [5.74, 6) is 1.10. The van der Waals surface area contributed by atoms with Crippen molar-refractivity contribution >= 4 is 22.4 Å². The molecule has 4 nitrogen and oxygen atoms in total. The number of fused-ring (bicyclic) bond motifs is 1. The predicted molar refractivity (Wildman–Crippen MR) is 146 cm³/mol. The van der Waals surface area contributed by atoms with Gasteiger partial charge in [0.15, 0.2) is 5.78 Å². The number of carbonyl (C=O) groups is 1. The predicted octanol–water partition coefficient (Wildman–Crippen LogP) is 8.06. The molecule has 0 saturated heterocycles. The second kappa shape index (κ2) is 9.99. The summed E-state index contributed by atoms with van der Waals surface area (Å²) in [6.45, 7) is 27.6. The van der Waals surface area contributed by atoms with E-state index >= 15 is 0 Å². The lowest BCUT2D eigenvalue weighted by Gasteiger charge is -2.47. The van der Waals surface area contributed by atoms with Crippen LogP contribution in [0.2, 0.25) is 33.2 Å². The molecule has 34 heavy (non-hydrogen) atoms. The molecule has 0 amide bonds. The fourth-order valence-corrected chi connectivity index (χ4v) is 18.6. The summed E-state index contributed by atoms with van der Waals surface area (Å²) < 4.78 is 20.6. The molecular formula is C28H50O4Si2. The minimum absolute atomic E-state index is 0.0119. The van der Waals surface area contributed by atoms with Crippen molar-refractivity contribution < 1.29 is 18.4 Å². The molecule has 3 atom stereocenters. The van der Waals surface area contributed by atoms with Crippen molar-refractivity contribution in [1.82, 2.24) is 0 Å². The number of rotatable bonds is 10. The number of ketones is 1. The first-order valence-electron chi connectivity index (χ1n) is 13.7. The van der Waals surface area contributed by atoms with Gasteiger partial charge in [-0.3, -0.25) is 4.79 Å². The van der Waals surface area contributed by atoms with E-state index in [0.29, 0.717) is 46.1 Å². The van der Waals surface area contributed by atoms with E-state index in [-0.39, 0.29) is 24.1 Å². The van der Waals surface area contributed by atoms with Gasteiger partial charge in [0.25, 0.3) is 8.32 Å². The number of hydrogen-bond acceptors (Lipinski definition) is 4. The molecule has 1 aliphatic carbocycles. The molecule has 0 N–H and O–H groups in total. The molecule has 194 valence electrons. The van der Waals surface area contributed by atoms with Crippen LogP contribution in [-0.2, 0) is 18.4 Å². The van der Waals surface area contributed by atoms with E-state index in [4.69, 9.17) is 13.6 Å². The highest BCUT2D eigenvalue weighted by Gasteiger charge is 2.54. The smallest absolute Gasteiger partial charge is 0.258 e. The molecule has 0 aromatic rings. The summed E-state index contributed by atoms with van der Waals surface area (Å²) in [7, 11) is -4.26. The highest BCUT2D eigenvalue weighted by Crippen LogP contribution is 2.51. The van der Waals surface area contributed by atoms with Crippen LogP contribution >= 0.6 is 0 Å². The van der Waals surface area contributed by atoms with Gasteiger partial charge in [-0.05, 0) is 38.8 Å². The summed E-state index contributed by atoms with van der Waals surface area (Å²) in [6.07, 6.45) is 2.91. The third-order valence-corrected chi connectivity index (χ3v) is 21.2. The summed E-state index contributed by atoms with van der Waals surface area (Å²) in [5.41, 5.74) is 4.84. The maximum absolute atomic E-state index is 13.7. The molecule has 2 heterocycles. The Kier molecular flexibility index (Phi) is 8.19. The fourth-order valence-electron chi connectivity index (χ4n) is 7.78. The van der Waals surface area contributed by atoms with E-state index in [9.17, 15) is 4.79 Å². The maximum atomic E-state index is 13.7. The molecule has 0 aromatic carbocycles. The zero-order valence-electron chi connectivity index (χ0n) is 23.8. The summed E-state index contributed by atoms with van der Waals surface area (Å²) >= 11 is 0. The summed E-state index contributed by atoms with van der Waals surface area (Å²) in [5, 5.41) is 0. The van der Waals surface area contributed by atoms with Crippen LogP contribution in [0.1, 0.15) is 95.9 Å². The summed E-state index contributed by atoms with van der Waals surface area (Å²) in [6, 6.07) is 0. The number of hydrogen-bond donors (Lipinski definition) is 0. The van der Waals surface area contributed by atoms with Crippen molar-refractivity contribution in [2.24, 2.45) is 0 Å². The molecule has 0 spiro atoms. The number of ether oxygens (including phenoxy) is 1. The van der Waals surface area contributed by atoms with E-state index in [0.717, 1.165) is 11.3 Å². The van der Waals surface area contributed by atoms with Crippen LogP contribution < -0.4 is 0 Å². The van der Waals surface area contributed by atoms with Crippen LogP contribution in [0.15, 0.2) is 23.0 Å². The van der Waals surface area contributed by atoms with E-state index in [1.54, 1.807) is 0 Å². The first-order valence-corrected chi connectivity index (χ1v) is 18.0. The minimum atomic E-state index is -2.15. The van der Waals surface area contributed by atoms with Crippen LogP contribution in [0.4, 0.5) is 0 Å². The Labute approximate surface area is 211 Å². The lowest BCUT2D eigenvalue weighted by Crippen LogP contribution is -2.53. The fraction of sp³-hybridized carbons (Fsp3) is 0.821. The van der Waals surface area contributed by atoms with Crippen LogP contribution in [0.3, 0.4) is 0 Å². The Balaban J connectivity index is 2.00. The van der Waals surface area contributed by atoms with Crippen molar-refractivity contribution in [2.75, 3.05) is 0 Å². The van der Waals surface area contributed by atoms with Crippen LogP contribution in [0.25, 0.3) is 0 Å². The zero-order valence-corrected chi connectivity index (χ0v) is 25.8. The van der Waals surface area contributed by atoms with Crippen molar-refractivity contribution in [3.05, 3.63) is 23.0 Å². The molecule has 1 fully saturated rings. The van der Waals surface area contributed by atoms with Gasteiger partial charge in [0.2, 0.25) is 8.32 Å². The molecule has 1 saturated carbocycles. The maximum Gasteiger partial charge on any atom is 0.258 e. The summed E-state index contributed by atoms with van der Waals surface area (Å²) in [4.78, 5) is 13.7. The first kappa shape index (κ1) is 27.9. The second-order valence-corrected chi connectivity index (χ2v) is 23.5. The second-order valence-electron chi connectivity index (χ2n) is 12.7. The van der Waals surface area contributed by atoms with Gasteiger partial charge in [0.1, 0.15) is 6.10 Å². The van der Waals surface area contributed by atoms with Crippen molar-refractivity contribution in [1.29, 1.82) is 0 Å². The van der Waals surface area contributed by atoms with Gasteiger partial charge in [0.05, 0.1) is 23.5 Å². The average Bonchev–Trinajstić information content (AvgIpc) is 3.06. The highest BCUT2D eigenvalue weighted by atomic mass is 28.4.